The predicted octanol–water partition coefficient (Wildman–Crippen LogP) is 3.54. The van der Waals surface area contributed by atoms with Crippen molar-refractivity contribution >= 4 is 11.5 Å². The summed E-state index contributed by atoms with van der Waals surface area (Å²) < 4.78 is 4.78. The Kier molecular flexibility index (Phi) is 3.85. The van der Waals surface area contributed by atoms with Gasteiger partial charge in [-0.1, -0.05) is 50.3 Å². The fraction of sp³-hybridized carbons (Fsp3) is 0.438. The van der Waals surface area contributed by atoms with Gasteiger partial charge in [-0.3, -0.25) is 4.79 Å². The molecule has 0 aromatic heterocycles. The van der Waals surface area contributed by atoms with Gasteiger partial charge in [0.05, 0.1) is 13.0 Å². The van der Waals surface area contributed by atoms with Gasteiger partial charge in [0.15, 0.2) is 0 Å². The zero-order valence-electron chi connectivity index (χ0n) is 11.2. The minimum Gasteiger partial charge on any atom is -0.469 e. The molecule has 1 aliphatic carbocycles. The Hall–Kier alpha value is -1.57. The summed E-state index contributed by atoms with van der Waals surface area (Å²) in [6.45, 7) is 4.38. The fourth-order valence-electron chi connectivity index (χ4n) is 2.30. The molecule has 18 heavy (non-hydrogen) atoms. The van der Waals surface area contributed by atoms with Gasteiger partial charge in [0.2, 0.25) is 0 Å². The minimum absolute atomic E-state index is 0.0764. The van der Waals surface area contributed by atoms with Gasteiger partial charge in [0.1, 0.15) is 0 Å². The molecule has 0 aliphatic heterocycles. The molecule has 96 valence electrons. The third kappa shape index (κ3) is 2.81. The van der Waals surface area contributed by atoms with Crippen molar-refractivity contribution in [2.45, 2.75) is 20.3 Å². The van der Waals surface area contributed by atoms with Crippen LogP contribution < -0.4 is 0 Å². The molecular formula is C16H20O2. The van der Waals surface area contributed by atoms with Crippen LogP contribution in [-0.4, -0.2) is 13.1 Å². The van der Waals surface area contributed by atoms with Crippen molar-refractivity contribution in [1.29, 1.82) is 0 Å². The highest BCUT2D eigenvalue weighted by Crippen LogP contribution is 2.43. The molecule has 0 amide bonds. The van der Waals surface area contributed by atoms with Gasteiger partial charge in [-0.25, -0.2) is 0 Å². The van der Waals surface area contributed by atoms with E-state index in [0.717, 1.165) is 6.42 Å². The predicted molar refractivity (Wildman–Crippen MR) is 72.9 cm³/mol. The third-order valence-electron chi connectivity index (χ3n) is 3.47. The number of esters is 1. The average molecular weight is 244 g/mol. The first-order valence-electron chi connectivity index (χ1n) is 6.48. The molecule has 0 saturated heterocycles. The first kappa shape index (κ1) is 12.9. The van der Waals surface area contributed by atoms with Crippen LogP contribution in [0.4, 0.5) is 0 Å². The van der Waals surface area contributed by atoms with Gasteiger partial charge in [-0.2, -0.15) is 0 Å². The summed E-state index contributed by atoms with van der Waals surface area (Å²) >= 11 is 0. The van der Waals surface area contributed by atoms with Crippen LogP contribution in [0.1, 0.15) is 25.8 Å². The van der Waals surface area contributed by atoms with E-state index in [1.807, 2.05) is 6.07 Å². The van der Waals surface area contributed by atoms with Gasteiger partial charge in [-0.15, -0.1) is 0 Å². The maximum absolute atomic E-state index is 11.4. The van der Waals surface area contributed by atoms with Crippen molar-refractivity contribution in [3.05, 3.63) is 42.0 Å². The van der Waals surface area contributed by atoms with Gasteiger partial charge < -0.3 is 4.74 Å². The van der Waals surface area contributed by atoms with Gasteiger partial charge in [0, 0.05) is 0 Å². The summed E-state index contributed by atoms with van der Waals surface area (Å²) in [6, 6.07) is 10.4. The highest BCUT2D eigenvalue weighted by Gasteiger charge is 2.42. The van der Waals surface area contributed by atoms with Crippen LogP contribution in [0.5, 0.6) is 0 Å². The molecule has 2 nitrogen and oxygen atoms in total. The molecule has 1 aromatic carbocycles. The van der Waals surface area contributed by atoms with Crippen LogP contribution in [0.25, 0.3) is 5.57 Å². The molecule has 0 N–H and O–H groups in total. The Morgan fingerprint density at radius 3 is 2.56 bits per heavy atom. The fourth-order valence-corrected chi connectivity index (χ4v) is 2.30. The lowest BCUT2D eigenvalue weighted by Gasteiger charge is -2.12. The van der Waals surface area contributed by atoms with Crippen molar-refractivity contribution in [3.8, 4) is 0 Å². The molecule has 0 radical (unpaired) electrons. The Labute approximate surface area is 109 Å². The van der Waals surface area contributed by atoms with Crippen molar-refractivity contribution in [2.24, 2.45) is 17.8 Å². The number of ether oxygens (including phenoxy) is 1. The second-order valence-electron chi connectivity index (χ2n) is 5.17. The monoisotopic (exact) mass is 244 g/mol. The Morgan fingerprint density at radius 2 is 2.00 bits per heavy atom. The summed E-state index contributed by atoms with van der Waals surface area (Å²) in [5.74, 6) is 0.821. The van der Waals surface area contributed by atoms with E-state index in [1.165, 1.54) is 18.2 Å². The summed E-state index contributed by atoms with van der Waals surface area (Å²) in [6.07, 6.45) is 3.18. The zero-order chi connectivity index (χ0) is 13.1. The van der Waals surface area contributed by atoms with E-state index in [4.69, 9.17) is 4.74 Å². The van der Waals surface area contributed by atoms with E-state index in [2.05, 4.69) is 44.2 Å². The zero-order valence-corrected chi connectivity index (χ0v) is 11.2. The lowest BCUT2D eigenvalue weighted by atomic mass is 9.94. The summed E-state index contributed by atoms with van der Waals surface area (Å²) in [5.41, 5.74) is 2.58. The van der Waals surface area contributed by atoms with E-state index >= 15 is 0 Å². The molecule has 2 unspecified atom stereocenters. The van der Waals surface area contributed by atoms with Crippen LogP contribution >= 0.6 is 0 Å². The second-order valence-corrected chi connectivity index (χ2v) is 5.17. The largest absolute Gasteiger partial charge is 0.469 e. The van der Waals surface area contributed by atoms with Crippen molar-refractivity contribution in [2.75, 3.05) is 7.11 Å². The molecule has 2 heteroatoms. The number of rotatable bonds is 4. The summed E-state index contributed by atoms with van der Waals surface area (Å²) in [5, 5.41) is 0. The molecule has 1 aliphatic rings. The van der Waals surface area contributed by atoms with Crippen molar-refractivity contribution in [3.63, 3.8) is 0 Å². The van der Waals surface area contributed by atoms with Crippen LogP contribution in [0.2, 0.25) is 0 Å². The van der Waals surface area contributed by atoms with Crippen LogP contribution in [0.3, 0.4) is 0 Å². The lowest BCUT2D eigenvalue weighted by molar-refractivity contribution is -0.142. The minimum atomic E-state index is -0.0765. The Balaban J connectivity index is 2.16. The van der Waals surface area contributed by atoms with Crippen LogP contribution in [0.15, 0.2) is 36.4 Å². The van der Waals surface area contributed by atoms with E-state index in [9.17, 15) is 4.79 Å². The number of hydrogen-bond donors (Lipinski definition) is 0. The molecule has 2 rings (SSSR count). The van der Waals surface area contributed by atoms with Gasteiger partial charge >= 0.3 is 5.97 Å². The molecule has 0 bridgehead atoms. The van der Waals surface area contributed by atoms with Crippen LogP contribution in [-0.2, 0) is 9.53 Å². The quantitative estimate of drug-likeness (QED) is 0.757. The summed E-state index contributed by atoms with van der Waals surface area (Å²) in [4.78, 5) is 11.4. The number of benzene rings is 1. The van der Waals surface area contributed by atoms with Gasteiger partial charge in [0.25, 0.3) is 0 Å². The van der Waals surface area contributed by atoms with E-state index in [-0.39, 0.29) is 11.9 Å². The second kappa shape index (κ2) is 5.38. The highest BCUT2D eigenvalue weighted by molar-refractivity contribution is 5.77. The van der Waals surface area contributed by atoms with E-state index < -0.39 is 0 Å². The highest BCUT2D eigenvalue weighted by atomic mass is 16.5. The molecule has 2 atom stereocenters. The number of hydrogen-bond acceptors (Lipinski definition) is 2. The third-order valence-corrected chi connectivity index (χ3v) is 3.47. The van der Waals surface area contributed by atoms with E-state index in [0.29, 0.717) is 11.8 Å². The molecule has 1 aromatic rings. The number of carbonyl (C=O) groups is 1. The first-order valence-corrected chi connectivity index (χ1v) is 6.48. The number of methoxy groups -OCH3 is 1. The molecule has 1 fully saturated rings. The SMILES string of the molecule is COC(=O)C1CC1C=C(c1ccccc1)C(C)C. The van der Waals surface area contributed by atoms with E-state index in [1.54, 1.807) is 0 Å². The Bertz CT molecular complexity index is 445. The Morgan fingerprint density at radius 1 is 1.33 bits per heavy atom. The van der Waals surface area contributed by atoms with Crippen molar-refractivity contribution in [1.82, 2.24) is 0 Å². The topological polar surface area (TPSA) is 26.3 Å². The average Bonchev–Trinajstić information content (AvgIpc) is 3.15. The normalized spacial score (nSPS) is 23.0. The van der Waals surface area contributed by atoms with Crippen LogP contribution in [0, 0.1) is 17.8 Å². The number of carbonyl (C=O) groups excluding carboxylic acids is 1. The molecule has 1 saturated carbocycles. The number of allylic oxidation sites excluding steroid dienone is 2. The molecule has 0 heterocycles. The summed E-state index contributed by atoms with van der Waals surface area (Å²) in [7, 11) is 1.46. The maximum Gasteiger partial charge on any atom is 0.309 e. The van der Waals surface area contributed by atoms with Gasteiger partial charge in [-0.05, 0) is 29.4 Å². The smallest absolute Gasteiger partial charge is 0.309 e. The lowest BCUT2D eigenvalue weighted by Crippen LogP contribution is -2.04. The first-order chi connectivity index (χ1) is 8.63. The maximum atomic E-state index is 11.4. The molecule has 0 spiro atoms. The molecular weight excluding hydrogens is 224 g/mol. The van der Waals surface area contributed by atoms with Crippen molar-refractivity contribution < 1.29 is 9.53 Å². The standard InChI is InChI=1S/C16H20O2/c1-11(2)14(12-7-5-4-6-8-12)9-13-10-15(13)16(17)18-3/h4-9,11,13,15H,10H2,1-3H3.